The quantitative estimate of drug-likeness (QED) is 0.316. The number of nitrogens with two attached hydrogens (primary N) is 1. The minimum Gasteiger partial charge on any atom is -0.395 e. The zero-order valence-corrected chi connectivity index (χ0v) is 19.0. The Morgan fingerprint density at radius 3 is 2.28 bits per heavy atom. The van der Waals surface area contributed by atoms with E-state index in [9.17, 15) is 19.8 Å². The number of amides is 2. The summed E-state index contributed by atoms with van der Waals surface area (Å²) in [6.07, 6.45) is -2.00. The molecule has 0 aromatic heterocycles. The maximum atomic E-state index is 12.8. The molecule has 0 saturated heterocycles. The monoisotopic (exact) mass is 440 g/mol. The van der Waals surface area contributed by atoms with Crippen LogP contribution in [0.4, 0.5) is 11.4 Å². The lowest BCUT2D eigenvalue weighted by molar-refractivity contribution is -0.129. The van der Waals surface area contributed by atoms with Crippen molar-refractivity contribution >= 4 is 29.0 Å². The van der Waals surface area contributed by atoms with Crippen LogP contribution < -0.4 is 16.0 Å². The lowest BCUT2D eigenvalue weighted by atomic mass is 9.87. The first-order chi connectivity index (χ1) is 14.9. The Morgan fingerprint density at radius 2 is 1.78 bits per heavy atom. The minimum absolute atomic E-state index is 0.0423. The van der Waals surface area contributed by atoms with E-state index < -0.39 is 24.3 Å². The first-order valence-electron chi connectivity index (χ1n) is 10.4. The first kappa shape index (κ1) is 25.0. The molecule has 2 aromatic carbocycles. The van der Waals surface area contributed by atoms with Gasteiger partial charge in [0.05, 0.1) is 13.0 Å². The standard InChI is InChI=1S/C24H32N4O4/c1-15-13-16(22(25)26)5-10-19(15)27-23(32)20(30)14-21(31)28(11-12-29)18-8-6-17(7-9-18)24(2,3)4/h5-10,13,20,29-30H,11-12,14H2,1-4H3,(H3,25,26)(H,27,32)/t20-/m1/s1. The van der Waals surface area contributed by atoms with E-state index in [2.05, 4.69) is 26.1 Å². The molecule has 172 valence electrons. The van der Waals surface area contributed by atoms with E-state index in [1.54, 1.807) is 37.3 Å². The Bertz CT molecular complexity index is 980. The number of hydrogen-bond donors (Lipinski definition) is 5. The van der Waals surface area contributed by atoms with Crippen LogP contribution in [0.1, 0.15) is 43.9 Å². The van der Waals surface area contributed by atoms with Crippen LogP contribution in [0.5, 0.6) is 0 Å². The number of anilines is 2. The van der Waals surface area contributed by atoms with Crippen LogP contribution in [0.15, 0.2) is 42.5 Å². The van der Waals surface area contributed by atoms with Gasteiger partial charge < -0.3 is 26.2 Å². The SMILES string of the molecule is Cc1cc(C(=N)N)ccc1NC(=O)[C@H](O)CC(=O)N(CCO)c1ccc(C(C)(C)C)cc1. The number of amidine groups is 1. The average molecular weight is 441 g/mol. The molecule has 0 aliphatic rings. The predicted molar refractivity (Wildman–Crippen MR) is 126 cm³/mol. The van der Waals surface area contributed by atoms with Gasteiger partial charge in [-0.3, -0.25) is 15.0 Å². The van der Waals surface area contributed by atoms with Crippen LogP contribution in [0.25, 0.3) is 0 Å². The Kier molecular flexibility index (Phi) is 8.13. The summed E-state index contributed by atoms with van der Waals surface area (Å²) in [5.74, 6) is -1.28. The van der Waals surface area contributed by atoms with E-state index in [0.717, 1.165) is 5.56 Å². The molecule has 2 rings (SSSR count). The second-order valence-corrected chi connectivity index (χ2v) is 8.72. The maximum Gasteiger partial charge on any atom is 0.253 e. The molecule has 2 amide bonds. The number of aliphatic hydroxyl groups is 2. The number of nitrogens with zero attached hydrogens (tertiary/aromatic N) is 1. The van der Waals surface area contributed by atoms with Crippen molar-refractivity contribution in [3.8, 4) is 0 Å². The van der Waals surface area contributed by atoms with Crippen LogP contribution >= 0.6 is 0 Å². The zero-order chi connectivity index (χ0) is 24.1. The highest BCUT2D eigenvalue weighted by atomic mass is 16.3. The topological polar surface area (TPSA) is 140 Å². The summed E-state index contributed by atoms with van der Waals surface area (Å²) >= 11 is 0. The summed E-state index contributed by atoms with van der Waals surface area (Å²) in [7, 11) is 0. The molecule has 1 atom stereocenters. The van der Waals surface area contributed by atoms with Crippen molar-refractivity contribution in [1.82, 2.24) is 0 Å². The van der Waals surface area contributed by atoms with Gasteiger partial charge in [-0.05, 0) is 53.8 Å². The fraction of sp³-hybridized carbons (Fsp3) is 0.375. The third-order valence-electron chi connectivity index (χ3n) is 5.14. The molecule has 0 bridgehead atoms. The van der Waals surface area contributed by atoms with Crippen molar-refractivity contribution in [3.05, 3.63) is 59.2 Å². The van der Waals surface area contributed by atoms with E-state index >= 15 is 0 Å². The van der Waals surface area contributed by atoms with Crippen molar-refractivity contribution in [3.63, 3.8) is 0 Å². The second kappa shape index (κ2) is 10.4. The van der Waals surface area contributed by atoms with Crippen molar-refractivity contribution in [2.45, 2.75) is 45.6 Å². The molecule has 32 heavy (non-hydrogen) atoms. The molecule has 0 aliphatic carbocycles. The van der Waals surface area contributed by atoms with Crippen molar-refractivity contribution < 1.29 is 19.8 Å². The zero-order valence-electron chi connectivity index (χ0n) is 19.0. The molecular weight excluding hydrogens is 408 g/mol. The number of carbonyl (C=O) groups is 2. The molecule has 8 nitrogen and oxygen atoms in total. The number of aliphatic hydroxyl groups excluding tert-OH is 2. The van der Waals surface area contributed by atoms with E-state index in [1.165, 1.54) is 4.90 Å². The number of hydrogen-bond acceptors (Lipinski definition) is 5. The average Bonchev–Trinajstić information content (AvgIpc) is 2.72. The van der Waals surface area contributed by atoms with Gasteiger partial charge in [-0.2, -0.15) is 0 Å². The molecule has 2 aromatic rings. The smallest absolute Gasteiger partial charge is 0.253 e. The third-order valence-corrected chi connectivity index (χ3v) is 5.14. The summed E-state index contributed by atoms with van der Waals surface area (Å²) in [4.78, 5) is 26.6. The highest BCUT2D eigenvalue weighted by molar-refractivity contribution is 6.01. The Morgan fingerprint density at radius 1 is 1.16 bits per heavy atom. The number of nitrogens with one attached hydrogen (secondary N) is 2. The van der Waals surface area contributed by atoms with Gasteiger partial charge in [0.1, 0.15) is 11.9 Å². The molecule has 0 spiro atoms. The summed E-state index contributed by atoms with van der Waals surface area (Å²) < 4.78 is 0. The Hall–Kier alpha value is -3.23. The Balaban J connectivity index is 2.09. The molecule has 0 unspecified atom stereocenters. The normalized spacial score (nSPS) is 12.2. The van der Waals surface area contributed by atoms with Crippen LogP contribution in [0, 0.1) is 12.3 Å². The van der Waals surface area contributed by atoms with Crippen molar-refractivity contribution in [2.24, 2.45) is 5.73 Å². The third kappa shape index (κ3) is 6.38. The lowest BCUT2D eigenvalue weighted by Gasteiger charge is -2.25. The lowest BCUT2D eigenvalue weighted by Crippen LogP contribution is -2.39. The van der Waals surface area contributed by atoms with E-state index in [-0.39, 0.29) is 24.4 Å². The molecule has 8 heteroatoms. The summed E-state index contributed by atoms with van der Waals surface area (Å²) in [5.41, 5.74) is 8.75. The van der Waals surface area contributed by atoms with Gasteiger partial charge in [0.25, 0.3) is 5.91 Å². The fourth-order valence-electron chi connectivity index (χ4n) is 3.19. The van der Waals surface area contributed by atoms with Gasteiger partial charge in [-0.25, -0.2) is 0 Å². The minimum atomic E-state index is -1.57. The van der Waals surface area contributed by atoms with Gasteiger partial charge in [0.15, 0.2) is 0 Å². The number of aryl methyl sites for hydroxylation is 1. The summed E-state index contributed by atoms with van der Waals surface area (Å²) in [6, 6.07) is 12.3. The maximum absolute atomic E-state index is 12.8. The van der Waals surface area contributed by atoms with E-state index in [0.29, 0.717) is 22.5 Å². The van der Waals surface area contributed by atoms with Gasteiger partial charge in [0.2, 0.25) is 5.91 Å². The van der Waals surface area contributed by atoms with Crippen LogP contribution in [-0.4, -0.2) is 47.1 Å². The molecular formula is C24H32N4O4. The summed E-state index contributed by atoms with van der Waals surface area (Å²) in [5, 5.41) is 29.8. The number of nitrogen functional groups attached to an aromatic ring is 1. The van der Waals surface area contributed by atoms with Crippen LogP contribution in [0.3, 0.4) is 0 Å². The van der Waals surface area contributed by atoms with Gasteiger partial charge >= 0.3 is 0 Å². The fourth-order valence-corrected chi connectivity index (χ4v) is 3.19. The molecule has 0 aliphatic heterocycles. The molecule has 0 fully saturated rings. The van der Waals surface area contributed by atoms with Gasteiger partial charge in [0, 0.05) is 23.5 Å². The highest BCUT2D eigenvalue weighted by Gasteiger charge is 2.24. The number of rotatable bonds is 8. The van der Waals surface area contributed by atoms with Crippen molar-refractivity contribution in [2.75, 3.05) is 23.4 Å². The van der Waals surface area contributed by atoms with E-state index in [1.807, 2.05) is 12.1 Å². The predicted octanol–water partition coefficient (Wildman–Crippen LogP) is 2.29. The molecule has 0 heterocycles. The molecule has 0 saturated carbocycles. The van der Waals surface area contributed by atoms with Crippen molar-refractivity contribution in [1.29, 1.82) is 5.41 Å². The largest absolute Gasteiger partial charge is 0.395 e. The number of benzene rings is 2. The first-order valence-corrected chi connectivity index (χ1v) is 10.4. The van der Waals surface area contributed by atoms with Crippen LogP contribution in [0.2, 0.25) is 0 Å². The van der Waals surface area contributed by atoms with Gasteiger partial charge in [-0.1, -0.05) is 32.9 Å². The van der Waals surface area contributed by atoms with E-state index in [4.69, 9.17) is 11.1 Å². The summed E-state index contributed by atoms with van der Waals surface area (Å²) in [6.45, 7) is 7.79. The molecule has 6 N–H and O–H groups in total. The van der Waals surface area contributed by atoms with Gasteiger partial charge in [-0.15, -0.1) is 0 Å². The second-order valence-electron chi connectivity index (χ2n) is 8.72. The molecule has 0 radical (unpaired) electrons. The van der Waals surface area contributed by atoms with Crippen LogP contribution in [-0.2, 0) is 15.0 Å². The highest BCUT2D eigenvalue weighted by Crippen LogP contribution is 2.25. The number of carbonyl (C=O) groups excluding carboxylic acids is 2. The Labute approximate surface area is 188 Å².